The molecule has 0 atom stereocenters. The fourth-order valence-electron chi connectivity index (χ4n) is 6.77. The van der Waals surface area contributed by atoms with Crippen molar-refractivity contribution in [3.63, 3.8) is 0 Å². The number of benzene rings is 5. The van der Waals surface area contributed by atoms with Gasteiger partial charge in [-0.1, -0.05) is 48.5 Å². The van der Waals surface area contributed by atoms with Gasteiger partial charge in [0.25, 0.3) is 0 Å². The Hall–Kier alpha value is -5.66. The van der Waals surface area contributed by atoms with Crippen molar-refractivity contribution in [2.24, 2.45) is 8.73 Å². The van der Waals surface area contributed by atoms with Crippen LogP contribution >= 0.6 is 34.4 Å². The first-order chi connectivity index (χ1) is 24.8. The van der Waals surface area contributed by atoms with Gasteiger partial charge in [0.15, 0.2) is 23.0 Å². The van der Waals surface area contributed by atoms with Crippen molar-refractivity contribution >= 4 is 101 Å². The molecule has 5 aromatic carbocycles. The van der Waals surface area contributed by atoms with Crippen molar-refractivity contribution in [3.05, 3.63) is 121 Å². The van der Waals surface area contributed by atoms with Crippen LogP contribution in [0.1, 0.15) is 0 Å². The van der Waals surface area contributed by atoms with Crippen LogP contribution in [0.4, 0.5) is 44.1 Å². The molecule has 0 aliphatic carbocycles. The molecule has 0 spiro atoms. The standard InChI is InChI=1S/C38H20N6O2S4/c1-5-13-25-21(9-1)43(22-10-2-6-14-26(22)45-25)31-19-17-29(47-31)33-35-37(41-49-39-35)34(38-36(33)40-50-42-38)30-18-20-32(48-30)44-23-11-3-7-15-27(23)46-28-16-8-4-12-24(28)44/h1-20H. The second-order valence-corrected chi connectivity index (χ2v) is 14.9. The lowest BCUT2D eigenvalue weighted by Crippen LogP contribution is -2.14. The van der Waals surface area contributed by atoms with Crippen LogP contribution < -0.4 is 19.3 Å². The van der Waals surface area contributed by atoms with E-state index in [1.165, 1.54) is 23.1 Å². The van der Waals surface area contributed by atoms with Gasteiger partial charge < -0.3 is 9.47 Å². The molecule has 3 aliphatic rings. The van der Waals surface area contributed by atoms with E-state index < -0.39 is 0 Å². The Bertz CT molecular complexity index is 2490. The monoisotopic (exact) mass is 720 g/mol. The van der Waals surface area contributed by atoms with E-state index in [1.54, 1.807) is 22.7 Å². The summed E-state index contributed by atoms with van der Waals surface area (Å²) in [4.78, 5) is 6.63. The number of rotatable bonds is 4. The first-order valence-electron chi connectivity index (χ1n) is 15.7. The van der Waals surface area contributed by atoms with E-state index in [1.807, 2.05) is 72.8 Å². The minimum Gasteiger partial charge on any atom is -0.453 e. The smallest absolute Gasteiger partial charge is 0.151 e. The fourth-order valence-corrected chi connectivity index (χ4v) is 10.1. The van der Waals surface area contributed by atoms with E-state index in [0.29, 0.717) is 0 Å². The number of para-hydroxylation sites is 8. The molecule has 0 saturated carbocycles. The van der Waals surface area contributed by atoms with Crippen LogP contribution in [0.3, 0.4) is 0 Å². The second kappa shape index (κ2) is 10.9. The predicted octanol–water partition coefficient (Wildman–Crippen LogP) is 13.0. The van der Waals surface area contributed by atoms with E-state index in [-0.39, 0.29) is 0 Å². The van der Waals surface area contributed by atoms with Gasteiger partial charge in [-0.25, -0.2) is 0 Å². The molecule has 0 saturated heterocycles. The molecular formula is C38H20N6O2S4. The van der Waals surface area contributed by atoms with Gasteiger partial charge in [0.05, 0.1) is 45.8 Å². The maximum Gasteiger partial charge on any atom is 0.151 e. The third-order valence-electron chi connectivity index (χ3n) is 8.91. The van der Waals surface area contributed by atoms with Gasteiger partial charge in [0.2, 0.25) is 0 Å². The highest BCUT2D eigenvalue weighted by atomic mass is 32.1. The van der Waals surface area contributed by atoms with Gasteiger partial charge in [-0.3, -0.25) is 9.80 Å². The highest BCUT2D eigenvalue weighted by Gasteiger charge is 2.32. The van der Waals surface area contributed by atoms with Crippen LogP contribution in [-0.4, -0.2) is 8.75 Å². The van der Waals surface area contributed by atoms with Crippen molar-refractivity contribution in [2.45, 2.75) is 0 Å². The van der Waals surface area contributed by atoms with E-state index in [4.69, 9.17) is 26.9 Å². The molecule has 12 heteroatoms. The van der Waals surface area contributed by atoms with E-state index in [9.17, 15) is 0 Å². The fraction of sp³-hybridized carbons (Fsp3) is 0. The molecule has 0 bridgehead atoms. The minimum atomic E-state index is 0.821. The average molecular weight is 721 g/mol. The summed E-state index contributed by atoms with van der Waals surface area (Å²) < 4.78 is 32.0. The highest BCUT2D eigenvalue weighted by Crippen LogP contribution is 2.58. The van der Waals surface area contributed by atoms with Crippen molar-refractivity contribution in [2.75, 3.05) is 9.80 Å². The quantitative estimate of drug-likeness (QED) is 0.180. The molecule has 0 N–H and O–H groups in total. The molecule has 3 aromatic heterocycles. The van der Waals surface area contributed by atoms with Crippen molar-refractivity contribution in [3.8, 4) is 43.9 Å². The summed E-state index contributed by atoms with van der Waals surface area (Å²) >= 11 is 5.83. The molecule has 8 nitrogen and oxygen atoms in total. The number of thiophene rings is 2. The molecule has 0 unspecified atom stereocenters. The molecule has 50 heavy (non-hydrogen) atoms. The second-order valence-electron chi connectivity index (χ2n) is 11.7. The van der Waals surface area contributed by atoms with E-state index >= 15 is 0 Å². The summed E-state index contributed by atoms with van der Waals surface area (Å²) in [5.74, 6) is 3.29. The SMILES string of the molecule is c1ccc2c(c1)Oc1ccccc1N2c1ccc(-c2c3c(c(-c4ccc(N5c6ccccc6Oc6ccccc65)s4)c4nsnc24)N=S=N3)s1. The molecule has 8 aromatic rings. The van der Waals surface area contributed by atoms with Crippen LogP contribution in [0, 0.1) is 0 Å². The molecular weight excluding hydrogens is 701 g/mol. The molecule has 0 radical (unpaired) electrons. The van der Waals surface area contributed by atoms with Crippen LogP contribution in [0.5, 0.6) is 23.0 Å². The third-order valence-corrected chi connectivity index (χ3v) is 12.1. The molecule has 3 aliphatic heterocycles. The Labute approximate surface area is 301 Å². The largest absolute Gasteiger partial charge is 0.453 e. The van der Waals surface area contributed by atoms with Crippen molar-refractivity contribution in [1.29, 1.82) is 0 Å². The Morgan fingerprint density at radius 1 is 0.440 bits per heavy atom. The molecule has 0 fully saturated rings. The summed E-state index contributed by atoms with van der Waals surface area (Å²) in [5.41, 5.74) is 9.23. The van der Waals surface area contributed by atoms with Gasteiger partial charge in [-0.2, -0.15) is 17.5 Å². The first kappa shape index (κ1) is 28.2. The van der Waals surface area contributed by atoms with Crippen molar-refractivity contribution in [1.82, 2.24) is 8.75 Å². The molecule has 238 valence electrons. The Morgan fingerprint density at radius 2 is 0.820 bits per heavy atom. The lowest BCUT2D eigenvalue weighted by atomic mass is 10.0. The zero-order valence-electron chi connectivity index (χ0n) is 25.7. The number of aromatic nitrogens is 2. The number of hydrogen-bond donors (Lipinski definition) is 0. The normalized spacial score (nSPS) is 13.5. The summed E-state index contributed by atoms with van der Waals surface area (Å²) in [5, 5.41) is 2.13. The average Bonchev–Trinajstić information content (AvgIpc) is 4.00. The van der Waals surface area contributed by atoms with Crippen LogP contribution in [0.25, 0.3) is 31.9 Å². The third kappa shape index (κ3) is 4.13. The molecule has 6 heterocycles. The topological polar surface area (TPSA) is 75.4 Å². The number of anilines is 6. The zero-order chi connectivity index (χ0) is 32.8. The predicted molar refractivity (Wildman–Crippen MR) is 205 cm³/mol. The number of fused-ring (bicyclic) bond motifs is 6. The maximum atomic E-state index is 6.27. The summed E-state index contributed by atoms with van der Waals surface area (Å²) in [6.07, 6.45) is 0. The van der Waals surface area contributed by atoms with Gasteiger partial charge in [0.1, 0.15) is 32.4 Å². The number of nitrogens with zero attached hydrogens (tertiary/aromatic N) is 6. The number of hydrogen-bond acceptors (Lipinski definition) is 11. The maximum absolute atomic E-state index is 6.27. The van der Waals surface area contributed by atoms with Gasteiger partial charge in [0, 0.05) is 20.9 Å². The highest BCUT2D eigenvalue weighted by molar-refractivity contribution is 7.58. The summed E-state index contributed by atoms with van der Waals surface area (Å²) in [7, 11) is 0. The number of ether oxygens (including phenoxy) is 2. The molecule has 11 rings (SSSR count). The lowest BCUT2D eigenvalue weighted by Gasteiger charge is -2.31. The Balaban J connectivity index is 1.04. The minimum absolute atomic E-state index is 0.821. The van der Waals surface area contributed by atoms with Crippen LogP contribution in [0.15, 0.2) is 130 Å². The Morgan fingerprint density at radius 3 is 1.22 bits per heavy atom. The Kier molecular flexibility index (Phi) is 6.16. The molecule has 0 amide bonds. The summed E-state index contributed by atoms with van der Waals surface area (Å²) in [6, 6.07) is 41.2. The van der Waals surface area contributed by atoms with Crippen LogP contribution in [0.2, 0.25) is 0 Å². The van der Waals surface area contributed by atoms with E-state index in [2.05, 4.69) is 58.3 Å². The van der Waals surface area contributed by atoms with Crippen LogP contribution in [-0.2, 0) is 11.4 Å². The van der Waals surface area contributed by atoms with Crippen molar-refractivity contribution < 1.29 is 9.47 Å². The van der Waals surface area contributed by atoms with Gasteiger partial charge >= 0.3 is 0 Å². The lowest BCUT2D eigenvalue weighted by molar-refractivity contribution is 0.477. The zero-order valence-corrected chi connectivity index (χ0v) is 28.9. The first-order valence-corrected chi connectivity index (χ1v) is 18.8. The van der Waals surface area contributed by atoms with Gasteiger partial charge in [-0.15, -0.1) is 22.7 Å². The van der Waals surface area contributed by atoms with Gasteiger partial charge in [-0.05, 0) is 72.8 Å². The summed E-state index contributed by atoms with van der Waals surface area (Å²) in [6.45, 7) is 0. The van der Waals surface area contributed by atoms with E-state index in [0.717, 1.165) is 99.0 Å².